The summed E-state index contributed by atoms with van der Waals surface area (Å²) < 4.78 is 5.21. The molecule has 1 atom stereocenters. The Labute approximate surface area is 143 Å². The molecule has 1 aliphatic heterocycles. The highest BCUT2D eigenvalue weighted by Crippen LogP contribution is 2.24. The predicted octanol–water partition coefficient (Wildman–Crippen LogP) is 2.88. The smallest absolute Gasteiger partial charge is 0.339 e. The van der Waals surface area contributed by atoms with Crippen LogP contribution < -0.4 is 5.32 Å². The Balaban J connectivity index is 1.78. The van der Waals surface area contributed by atoms with Crippen LogP contribution >= 0.6 is 0 Å². The average Bonchev–Trinajstić information content (AvgIpc) is 2.61. The molecule has 7 nitrogen and oxygen atoms in total. The first-order valence-corrected chi connectivity index (χ1v) is 7.86. The number of anilines is 1. The lowest BCUT2D eigenvalue weighted by Gasteiger charge is -2.24. The van der Waals surface area contributed by atoms with Gasteiger partial charge in [0.25, 0.3) is 11.6 Å². The number of rotatable bonds is 4. The van der Waals surface area contributed by atoms with E-state index in [1.54, 1.807) is 12.1 Å². The number of fused-ring (bicyclic) bond motifs is 1. The molecule has 0 bridgehead atoms. The fraction of sp³-hybridized carbons (Fsp3) is 0.222. The van der Waals surface area contributed by atoms with Gasteiger partial charge in [-0.25, -0.2) is 4.79 Å². The molecule has 2 aromatic rings. The molecule has 1 heterocycles. The number of cyclic esters (lactones) is 1. The molecule has 1 amide bonds. The summed E-state index contributed by atoms with van der Waals surface area (Å²) in [7, 11) is 0. The number of amides is 1. The number of carbonyl (C=O) groups is 2. The number of esters is 1. The van der Waals surface area contributed by atoms with Gasteiger partial charge in [0.05, 0.1) is 10.5 Å². The first-order chi connectivity index (χ1) is 12.0. The zero-order valence-electron chi connectivity index (χ0n) is 13.5. The topological polar surface area (TPSA) is 98.5 Å². The number of nitrogens with one attached hydrogen (secondary N) is 1. The minimum atomic E-state index is -0.966. The predicted molar refractivity (Wildman–Crippen MR) is 90.5 cm³/mol. The maximum absolute atomic E-state index is 12.4. The summed E-state index contributed by atoms with van der Waals surface area (Å²) >= 11 is 0. The Bertz CT molecular complexity index is 862. The van der Waals surface area contributed by atoms with E-state index in [1.165, 1.54) is 18.2 Å². The van der Waals surface area contributed by atoms with Gasteiger partial charge in [-0.2, -0.15) is 0 Å². The van der Waals surface area contributed by atoms with Gasteiger partial charge >= 0.3 is 5.97 Å². The van der Waals surface area contributed by atoms with Gasteiger partial charge in [-0.1, -0.05) is 25.1 Å². The van der Waals surface area contributed by atoms with Gasteiger partial charge in [0.15, 0.2) is 6.10 Å². The van der Waals surface area contributed by atoms with Gasteiger partial charge in [0, 0.05) is 24.2 Å². The fourth-order valence-corrected chi connectivity index (χ4v) is 2.74. The first kappa shape index (κ1) is 16.6. The minimum absolute atomic E-state index is 0.128. The number of ether oxygens (including phenoxy) is 1. The van der Waals surface area contributed by atoms with Crippen molar-refractivity contribution in [3.05, 3.63) is 69.3 Å². The molecular formula is C18H16N2O5. The Morgan fingerprint density at radius 3 is 2.84 bits per heavy atom. The number of hydrogen-bond acceptors (Lipinski definition) is 5. The van der Waals surface area contributed by atoms with Crippen molar-refractivity contribution in [2.75, 3.05) is 5.32 Å². The largest absolute Gasteiger partial charge is 0.448 e. The number of carbonyl (C=O) groups excluding carboxylic acids is 2. The molecule has 1 N–H and O–H groups in total. The van der Waals surface area contributed by atoms with Crippen LogP contribution in [0.15, 0.2) is 42.5 Å². The van der Waals surface area contributed by atoms with Crippen molar-refractivity contribution in [1.82, 2.24) is 0 Å². The number of nitrogens with zero attached hydrogens (tertiary/aromatic N) is 1. The van der Waals surface area contributed by atoms with Gasteiger partial charge in [0.1, 0.15) is 0 Å². The van der Waals surface area contributed by atoms with Crippen LogP contribution in [0.1, 0.15) is 28.4 Å². The van der Waals surface area contributed by atoms with E-state index in [-0.39, 0.29) is 17.8 Å². The molecule has 3 rings (SSSR count). The molecule has 7 heteroatoms. The Kier molecular flexibility index (Phi) is 4.47. The second-order valence-corrected chi connectivity index (χ2v) is 5.74. The third-order valence-electron chi connectivity index (χ3n) is 4.07. The summed E-state index contributed by atoms with van der Waals surface area (Å²) in [4.78, 5) is 34.8. The van der Waals surface area contributed by atoms with E-state index in [9.17, 15) is 19.7 Å². The van der Waals surface area contributed by atoms with Crippen molar-refractivity contribution in [2.24, 2.45) is 0 Å². The molecule has 0 spiro atoms. The lowest BCUT2D eigenvalue weighted by molar-refractivity contribution is -0.384. The van der Waals surface area contributed by atoms with Gasteiger partial charge in [0.2, 0.25) is 0 Å². The molecule has 128 valence electrons. The molecule has 0 aromatic heterocycles. The number of nitro groups is 1. The highest BCUT2D eigenvalue weighted by atomic mass is 16.6. The molecule has 2 aromatic carbocycles. The summed E-state index contributed by atoms with van der Waals surface area (Å²) in [6.07, 6.45) is 0.133. The average molecular weight is 340 g/mol. The fourth-order valence-electron chi connectivity index (χ4n) is 2.74. The lowest BCUT2D eigenvalue weighted by Crippen LogP contribution is -2.38. The van der Waals surface area contributed by atoms with E-state index in [0.29, 0.717) is 5.56 Å². The molecule has 0 aliphatic carbocycles. The number of non-ortho nitro benzene ring substituents is 1. The molecule has 1 aliphatic rings. The maximum atomic E-state index is 12.4. The quantitative estimate of drug-likeness (QED) is 0.524. The number of benzene rings is 2. The highest BCUT2D eigenvalue weighted by molar-refractivity contribution is 6.00. The normalized spacial score (nSPS) is 15.9. The number of aryl methyl sites for hydroxylation is 1. The van der Waals surface area contributed by atoms with Gasteiger partial charge in [-0.05, 0) is 29.7 Å². The second-order valence-electron chi connectivity index (χ2n) is 5.74. The van der Waals surface area contributed by atoms with E-state index in [4.69, 9.17) is 4.74 Å². The maximum Gasteiger partial charge on any atom is 0.339 e. The number of nitro benzene ring substituents is 1. The van der Waals surface area contributed by atoms with Crippen molar-refractivity contribution in [2.45, 2.75) is 25.9 Å². The van der Waals surface area contributed by atoms with Gasteiger partial charge in [-0.15, -0.1) is 0 Å². The van der Waals surface area contributed by atoms with Crippen LogP contribution in [-0.2, 0) is 22.4 Å². The van der Waals surface area contributed by atoms with Gasteiger partial charge in [-0.3, -0.25) is 14.9 Å². The first-order valence-electron chi connectivity index (χ1n) is 7.86. The van der Waals surface area contributed by atoms with Crippen molar-refractivity contribution < 1.29 is 19.2 Å². The molecule has 25 heavy (non-hydrogen) atoms. The van der Waals surface area contributed by atoms with Crippen LogP contribution in [-0.4, -0.2) is 22.9 Å². The monoisotopic (exact) mass is 340 g/mol. The summed E-state index contributed by atoms with van der Waals surface area (Å²) in [5.74, 6) is -1.05. The Morgan fingerprint density at radius 2 is 2.12 bits per heavy atom. The summed E-state index contributed by atoms with van der Waals surface area (Å²) in [6.45, 7) is 2.01. The molecule has 0 radical (unpaired) electrons. The number of hydrogen-bond donors (Lipinski definition) is 1. The zero-order chi connectivity index (χ0) is 18.0. The third-order valence-corrected chi connectivity index (χ3v) is 4.07. The van der Waals surface area contributed by atoms with Crippen LogP contribution in [0, 0.1) is 10.1 Å². The summed E-state index contributed by atoms with van der Waals surface area (Å²) in [5.41, 5.74) is 2.47. The lowest BCUT2D eigenvalue weighted by atomic mass is 9.95. The molecule has 0 saturated heterocycles. The van der Waals surface area contributed by atoms with Crippen LogP contribution in [0.3, 0.4) is 0 Å². The molecule has 1 unspecified atom stereocenters. The van der Waals surface area contributed by atoms with E-state index in [0.717, 1.165) is 17.5 Å². The van der Waals surface area contributed by atoms with Gasteiger partial charge < -0.3 is 10.1 Å². The van der Waals surface area contributed by atoms with E-state index >= 15 is 0 Å². The van der Waals surface area contributed by atoms with Crippen molar-refractivity contribution in [3.8, 4) is 0 Å². The zero-order valence-corrected chi connectivity index (χ0v) is 13.5. The van der Waals surface area contributed by atoms with Crippen LogP contribution in [0.5, 0.6) is 0 Å². The minimum Gasteiger partial charge on any atom is -0.448 e. The van der Waals surface area contributed by atoms with Crippen LogP contribution in [0.4, 0.5) is 11.4 Å². The Morgan fingerprint density at radius 1 is 1.32 bits per heavy atom. The van der Waals surface area contributed by atoms with Crippen molar-refractivity contribution in [3.63, 3.8) is 0 Å². The molecule has 0 saturated carbocycles. The van der Waals surface area contributed by atoms with E-state index in [2.05, 4.69) is 5.32 Å². The third kappa shape index (κ3) is 3.50. The SMILES string of the molecule is CCc1ccc2c(c1)CC(C(=O)Nc1cccc([N+](=O)[O-])c1)OC2=O. The molecular weight excluding hydrogens is 324 g/mol. The second kappa shape index (κ2) is 6.72. The summed E-state index contributed by atoms with van der Waals surface area (Å²) in [5, 5.41) is 13.4. The van der Waals surface area contributed by atoms with E-state index < -0.39 is 22.9 Å². The van der Waals surface area contributed by atoms with Crippen molar-refractivity contribution in [1.29, 1.82) is 0 Å². The van der Waals surface area contributed by atoms with Crippen LogP contribution in [0.25, 0.3) is 0 Å². The molecule has 0 fully saturated rings. The van der Waals surface area contributed by atoms with E-state index in [1.807, 2.05) is 19.1 Å². The van der Waals surface area contributed by atoms with Crippen molar-refractivity contribution >= 4 is 23.3 Å². The summed E-state index contributed by atoms with van der Waals surface area (Å²) in [6, 6.07) is 11.1. The highest BCUT2D eigenvalue weighted by Gasteiger charge is 2.31. The Hall–Kier alpha value is -3.22. The van der Waals surface area contributed by atoms with Crippen LogP contribution in [0.2, 0.25) is 0 Å². The standard InChI is InChI=1S/C18H16N2O5/c1-2-11-6-7-15-12(8-11)9-16(25-18(15)22)17(21)19-13-4-3-5-14(10-13)20(23)24/h3-8,10,16H,2,9H2,1H3,(H,19,21).